The van der Waals surface area contributed by atoms with Crippen LogP contribution in [0.3, 0.4) is 0 Å². The average Bonchev–Trinajstić information content (AvgIpc) is 2.37. The molecule has 1 aromatic heterocycles. The summed E-state index contributed by atoms with van der Waals surface area (Å²) in [5.74, 6) is -1.40. The highest BCUT2D eigenvalue weighted by atomic mass is 79.9. The number of hydrogen-bond donors (Lipinski definition) is 0. The number of aromatic nitrogens is 1. The van der Waals surface area contributed by atoms with Crippen molar-refractivity contribution in [2.75, 3.05) is 14.2 Å². The summed E-state index contributed by atoms with van der Waals surface area (Å²) in [4.78, 5) is 15.0. The minimum Gasteiger partial charge on any atom is -0.492 e. The molecule has 112 valence electrons. The molecule has 0 amide bonds. The zero-order valence-electron chi connectivity index (χ0n) is 10.6. The number of hydrogen-bond acceptors (Lipinski definition) is 5. The van der Waals surface area contributed by atoms with Gasteiger partial charge in [-0.3, -0.25) is 9.78 Å². The second-order valence-corrected chi connectivity index (χ2v) is 4.09. The minimum absolute atomic E-state index is 0.00721. The monoisotopic (exact) mass is 357 g/mol. The molecular formula is C11H11BrF3NO4. The van der Waals surface area contributed by atoms with Gasteiger partial charge in [0.25, 0.3) is 0 Å². The first-order valence-corrected chi connectivity index (χ1v) is 6.37. The second kappa shape index (κ2) is 6.78. The van der Waals surface area contributed by atoms with Crippen LogP contribution in [0, 0.1) is 0 Å². The van der Waals surface area contributed by atoms with E-state index in [2.05, 4.69) is 30.4 Å². The molecule has 9 heteroatoms. The fourth-order valence-electron chi connectivity index (χ4n) is 1.44. The van der Waals surface area contributed by atoms with E-state index in [-0.39, 0.29) is 28.8 Å². The number of halogens is 4. The molecule has 0 aromatic carbocycles. The van der Waals surface area contributed by atoms with Gasteiger partial charge in [-0.2, -0.15) is 0 Å². The molecule has 1 heterocycles. The van der Waals surface area contributed by atoms with E-state index in [4.69, 9.17) is 4.74 Å². The fourth-order valence-corrected chi connectivity index (χ4v) is 1.84. The molecule has 0 fully saturated rings. The first-order valence-electron chi connectivity index (χ1n) is 5.25. The zero-order chi connectivity index (χ0) is 15.3. The molecule has 0 radical (unpaired) electrons. The molecule has 0 saturated carbocycles. The van der Waals surface area contributed by atoms with Crippen LogP contribution in [0.5, 0.6) is 11.5 Å². The van der Waals surface area contributed by atoms with Crippen molar-refractivity contribution in [2.45, 2.75) is 18.1 Å². The van der Waals surface area contributed by atoms with E-state index in [9.17, 15) is 18.0 Å². The van der Waals surface area contributed by atoms with E-state index in [1.54, 1.807) is 0 Å². The predicted octanol–water partition coefficient (Wildman–Crippen LogP) is 2.60. The standard InChI is InChI=1S/C11H11BrF3NO4/c1-18-8(17)3-6-5-16-7(4-12)10(9(6)19-2)20-11(13,14)15/h5H,3-4H2,1-2H3. The van der Waals surface area contributed by atoms with Gasteiger partial charge in [0, 0.05) is 17.1 Å². The van der Waals surface area contributed by atoms with Gasteiger partial charge < -0.3 is 14.2 Å². The van der Waals surface area contributed by atoms with Gasteiger partial charge in [0.2, 0.25) is 0 Å². The third-order valence-corrected chi connectivity index (χ3v) is 2.78. The highest BCUT2D eigenvalue weighted by molar-refractivity contribution is 9.08. The summed E-state index contributed by atoms with van der Waals surface area (Å²) < 4.78 is 50.6. The van der Waals surface area contributed by atoms with E-state index in [1.165, 1.54) is 20.4 Å². The smallest absolute Gasteiger partial charge is 0.492 e. The van der Waals surface area contributed by atoms with Gasteiger partial charge in [-0.1, -0.05) is 15.9 Å². The Bertz CT molecular complexity index is 493. The van der Waals surface area contributed by atoms with E-state index < -0.39 is 18.1 Å². The molecule has 0 aliphatic carbocycles. The van der Waals surface area contributed by atoms with Crippen LogP contribution in [0.2, 0.25) is 0 Å². The Morgan fingerprint density at radius 2 is 2.00 bits per heavy atom. The minimum atomic E-state index is -4.89. The lowest BCUT2D eigenvalue weighted by molar-refractivity contribution is -0.275. The van der Waals surface area contributed by atoms with Crippen molar-refractivity contribution in [3.05, 3.63) is 17.5 Å². The largest absolute Gasteiger partial charge is 0.573 e. The van der Waals surface area contributed by atoms with E-state index in [0.29, 0.717) is 0 Å². The number of alkyl halides is 4. The Morgan fingerprint density at radius 1 is 1.35 bits per heavy atom. The fraction of sp³-hybridized carbons (Fsp3) is 0.455. The Kier molecular flexibility index (Phi) is 5.61. The van der Waals surface area contributed by atoms with Gasteiger partial charge in [0.1, 0.15) is 0 Å². The van der Waals surface area contributed by atoms with Crippen LogP contribution in [-0.2, 0) is 21.3 Å². The predicted molar refractivity (Wildman–Crippen MR) is 65.8 cm³/mol. The van der Waals surface area contributed by atoms with Gasteiger partial charge >= 0.3 is 12.3 Å². The number of rotatable bonds is 5. The molecule has 0 N–H and O–H groups in total. The molecule has 0 atom stereocenters. The van der Waals surface area contributed by atoms with Crippen LogP contribution in [-0.4, -0.2) is 31.5 Å². The molecule has 1 aromatic rings. The summed E-state index contributed by atoms with van der Waals surface area (Å²) in [5, 5.41) is 0.0350. The number of pyridine rings is 1. The lowest BCUT2D eigenvalue weighted by Gasteiger charge is -2.17. The summed E-state index contributed by atoms with van der Waals surface area (Å²) in [5.41, 5.74) is 0.149. The Labute approximate surface area is 121 Å². The van der Waals surface area contributed by atoms with Crippen LogP contribution >= 0.6 is 15.9 Å². The summed E-state index contributed by atoms with van der Waals surface area (Å²) in [6, 6.07) is 0. The topological polar surface area (TPSA) is 57.7 Å². The van der Waals surface area contributed by atoms with Gasteiger partial charge in [-0.05, 0) is 0 Å². The molecule has 0 aliphatic rings. The Balaban J connectivity index is 3.28. The molecule has 0 spiro atoms. The summed E-state index contributed by atoms with van der Waals surface area (Å²) in [6.07, 6.45) is -3.92. The Morgan fingerprint density at radius 3 is 2.45 bits per heavy atom. The van der Waals surface area contributed by atoms with Gasteiger partial charge in [-0.25, -0.2) is 0 Å². The maximum atomic E-state index is 12.4. The van der Waals surface area contributed by atoms with Crippen LogP contribution in [0.1, 0.15) is 11.3 Å². The van der Waals surface area contributed by atoms with E-state index >= 15 is 0 Å². The van der Waals surface area contributed by atoms with Crippen LogP contribution < -0.4 is 9.47 Å². The average molecular weight is 358 g/mol. The van der Waals surface area contributed by atoms with Crippen molar-refractivity contribution in [1.82, 2.24) is 4.98 Å². The molecule has 0 aliphatic heterocycles. The highest BCUT2D eigenvalue weighted by Crippen LogP contribution is 2.38. The molecule has 0 saturated heterocycles. The van der Waals surface area contributed by atoms with Crippen molar-refractivity contribution >= 4 is 21.9 Å². The number of ether oxygens (including phenoxy) is 3. The van der Waals surface area contributed by atoms with Crippen molar-refractivity contribution in [1.29, 1.82) is 0 Å². The molecule has 1 rings (SSSR count). The van der Waals surface area contributed by atoms with E-state index in [0.717, 1.165) is 0 Å². The maximum Gasteiger partial charge on any atom is 0.573 e. The SMILES string of the molecule is COC(=O)Cc1cnc(CBr)c(OC(F)(F)F)c1OC. The molecule has 20 heavy (non-hydrogen) atoms. The number of esters is 1. The van der Waals surface area contributed by atoms with Gasteiger partial charge in [0.15, 0.2) is 11.5 Å². The lowest BCUT2D eigenvalue weighted by Crippen LogP contribution is -2.20. The van der Waals surface area contributed by atoms with Crippen LogP contribution in [0.15, 0.2) is 6.20 Å². The first kappa shape index (κ1) is 16.5. The van der Waals surface area contributed by atoms with Crippen LogP contribution in [0.4, 0.5) is 13.2 Å². The first-order chi connectivity index (χ1) is 9.32. The Hall–Kier alpha value is -1.51. The van der Waals surface area contributed by atoms with Crippen molar-refractivity contribution in [3.8, 4) is 11.5 Å². The molecule has 5 nitrogen and oxygen atoms in total. The normalized spacial score (nSPS) is 11.1. The van der Waals surface area contributed by atoms with Crippen molar-refractivity contribution in [3.63, 3.8) is 0 Å². The van der Waals surface area contributed by atoms with Gasteiger partial charge in [0.05, 0.1) is 26.3 Å². The highest BCUT2D eigenvalue weighted by Gasteiger charge is 2.35. The summed E-state index contributed by atoms with van der Waals surface area (Å²) in [6.45, 7) is 0. The van der Waals surface area contributed by atoms with Crippen molar-refractivity contribution in [2.24, 2.45) is 0 Å². The zero-order valence-corrected chi connectivity index (χ0v) is 12.2. The molecular weight excluding hydrogens is 347 g/mol. The van der Waals surface area contributed by atoms with Crippen LogP contribution in [0.25, 0.3) is 0 Å². The third-order valence-electron chi connectivity index (χ3n) is 2.25. The molecule has 0 unspecified atom stereocenters. The van der Waals surface area contributed by atoms with Crippen molar-refractivity contribution < 1.29 is 32.2 Å². The number of methoxy groups -OCH3 is 2. The number of carbonyl (C=O) groups is 1. The maximum absolute atomic E-state index is 12.4. The third kappa shape index (κ3) is 4.26. The lowest BCUT2D eigenvalue weighted by atomic mass is 10.1. The summed E-state index contributed by atoms with van der Waals surface area (Å²) >= 11 is 3.01. The van der Waals surface area contributed by atoms with Gasteiger partial charge in [-0.15, -0.1) is 13.2 Å². The summed E-state index contributed by atoms with van der Waals surface area (Å²) in [7, 11) is 2.35. The second-order valence-electron chi connectivity index (χ2n) is 3.53. The quantitative estimate of drug-likeness (QED) is 0.598. The number of carbonyl (C=O) groups excluding carboxylic acids is 1. The van der Waals surface area contributed by atoms with E-state index in [1.807, 2.05) is 0 Å². The number of nitrogens with zero attached hydrogens (tertiary/aromatic N) is 1. The molecule has 0 bridgehead atoms.